The average Bonchev–Trinajstić information content (AvgIpc) is 2.75. The summed E-state index contributed by atoms with van der Waals surface area (Å²) in [7, 11) is 0. The quantitative estimate of drug-likeness (QED) is 0.761. The first kappa shape index (κ1) is 11.6. The van der Waals surface area contributed by atoms with Crippen LogP contribution in [0.3, 0.4) is 0 Å². The van der Waals surface area contributed by atoms with Crippen molar-refractivity contribution in [3.63, 3.8) is 0 Å². The van der Waals surface area contributed by atoms with Crippen molar-refractivity contribution in [2.45, 2.75) is 55.2 Å². The van der Waals surface area contributed by atoms with E-state index in [1.54, 1.807) is 0 Å². The van der Waals surface area contributed by atoms with E-state index in [1.807, 2.05) is 24.0 Å². The molecule has 1 heterocycles. The lowest BCUT2D eigenvalue weighted by Crippen LogP contribution is -2.19. The number of hydrogen-bond donors (Lipinski definition) is 0. The van der Waals surface area contributed by atoms with E-state index in [0.717, 1.165) is 17.1 Å². The summed E-state index contributed by atoms with van der Waals surface area (Å²) in [6.07, 6.45) is 12.1. The molecule has 1 aromatic rings. The molecule has 3 unspecified atom stereocenters. The molecule has 0 saturated heterocycles. The van der Waals surface area contributed by atoms with Crippen LogP contribution in [0.4, 0.5) is 0 Å². The number of thioether (sulfide) groups is 1. The van der Waals surface area contributed by atoms with E-state index >= 15 is 0 Å². The Kier molecular flexibility index (Phi) is 3.70. The van der Waals surface area contributed by atoms with Crippen LogP contribution in [-0.4, -0.2) is 10.2 Å². The summed E-state index contributed by atoms with van der Waals surface area (Å²) < 4.78 is 0. The molecule has 17 heavy (non-hydrogen) atoms. The van der Waals surface area contributed by atoms with Crippen LogP contribution in [0.1, 0.15) is 44.9 Å². The molecule has 2 aliphatic rings. The van der Waals surface area contributed by atoms with Crippen molar-refractivity contribution in [1.82, 2.24) is 4.98 Å². The van der Waals surface area contributed by atoms with Gasteiger partial charge in [-0.3, -0.25) is 0 Å². The second-order valence-corrected chi connectivity index (χ2v) is 6.72. The van der Waals surface area contributed by atoms with Gasteiger partial charge >= 0.3 is 0 Å². The van der Waals surface area contributed by atoms with E-state index < -0.39 is 0 Å². The Labute approximate surface area is 108 Å². The van der Waals surface area contributed by atoms with E-state index in [4.69, 9.17) is 0 Å². The minimum atomic E-state index is 0.833. The molecular formula is C15H21NS. The number of hydrogen-bond acceptors (Lipinski definition) is 2. The molecule has 0 amide bonds. The highest BCUT2D eigenvalue weighted by atomic mass is 32.2. The molecule has 0 spiro atoms. The molecule has 2 fully saturated rings. The van der Waals surface area contributed by atoms with Crippen LogP contribution in [-0.2, 0) is 0 Å². The monoisotopic (exact) mass is 247 g/mol. The Morgan fingerprint density at radius 3 is 2.76 bits per heavy atom. The number of nitrogens with zero attached hydrogens (tertiary/aromatic N) is 1. The zero-order valence-corrected chi connectivity index (χ0v) is 11.2. The fourth-order valence-electron chi connectivity index (χ4n) is 3.60. The van der Waals surface area contributed by atoms with Crippen LogP contribution >= 0.6 is 11.8 Å². The molecule has 2 heteroatoms. The number of rotatable bonds is 2. The third-order valence-corrected chi connectivity index (χ3v) is 5.79. The van der Waals surface area contributed by atoms with Crippen molar-refractivity contribution >= 4 is 11.8 Å². The largest absolute Gasteiger partial charge is 0.250 e. The van der Waals surface area contributed by atoms with Crippen molar-refractivity contribution < 1.29 is 0 Å². The highest BCUT2D eigenvalue weighted by Gasteiger charge is 2.35. The standard InChI is InChI=1S/C15H21NS/c1-2-9-14(13-8-5-7-12(13)6-1)17-15-10-3-4-11-16-15/h3-4,10-14H,1-2,5-9H2. The summed E-state index contributed by atoms with van der Waals surface area (Å²) in [5, 5.41) is 2.06. The smallest absolute Gasteiger partial charge is 0.0962 e. The third-order valence-electron chi connectivity index (χ3n) is 4.42. The zero-order valence-electron chi connectivity index (χ0n) is 10.3. The summed E-state index contributed by atoms with van der Waals surface area (Å²) in [4.78, 5) is 4.48. The second kappa shape index (κ2) is 5.43. The molecule has 0 N–H and O–H groups in total. The van der Waals surface area contributed by atoms with Crippen LogP contribution in [0.5, 0.6) is 0 Å². The maximum atomic E-state index is 4.48. The van der Waals surface area contributed by atoms with Gasteiger partial charge in [0, 0.05) is 11.4 Å². The summed E-state index contributed by atoms with van der Waals surface area (Å²) >= 11 is 2.04. The predicted octanol–water partition coefficient (Wildman–Crippen LogP) is 4.53. The van der Waals surface area contributed by atoms with E-state index in [-0.39, 0.29) is 0 Å². The van der Waals surface area contributed by atoms with Crippen molar-refractivity contribution in [2.24, 2.45) is 11.8 Å². The Bertz CT molecular complexity index is 351. The van der Waals surface area contributed by atoms with Gasteiger partial charge in [0.15, 0.2) is 0 Å². The molecule has 0 radical (unpaired) electrons. The molecule has 2 aliphatic carbocycles. The van der Waals surface area contributed by atoms with Crippen molar-refractivity contribution in [2.75, 3.05) is 0 Å². The van der Waals surface area contributed by atoms with Crippen LogP contribution in [0, 0.1) is 11.8 Å². The van der Waals surface area contributed by atoms with Gasteiger partial charge in [0.05, 0.1) is 5.03 Å². The second-order valence-electron chi connectivity index (χ2n) is 5.46. The molecule has 92 valence electrons. The molecule has 0 aromatic carbocycles. The van der Waals surface area contributed by atoms with Crippen LogP contribution in [0.2, 0.25) is 0 Å². The Morgan fingerprint density at radius 1 is 1.00 bits per heavy atom. The van der Waals surface area contributed by atoms with Crippen molar-refractivity contribution in [3.8, 4) is 0 Å². The SMILES string of the molecule is c1ccc(SC2CCCCC3CCCC32)nc1. The number of aromatic nitrogens is 1. The molecule has 1 nitrogen and oxygen atoms in total. The Balaban J connectivity index is 1.72. The lowest BCUT2D eigenvalue weighted by molar-refractivity contribution is 0.375. The topological polar surface area (TPSA) is 12.9 Å². The summed E-state index contributed by atoms with van der Waals surface area (Å²) in [5.41, 5.74) is 0. The van der Waals surface area contributed by atoms with Gasteiger partial charge in [-0.25, -0.2) is 4.98 Å². The summed E-state index contributed by atoms with van der Waals surface area (Å²) in [5.74, 6) is 2.00. The fourth-order valence-corrected chi connectivity index (χ4v) is 5.00. The maximum absolute atomic E-state index is 4.48. The highest BCUT2D eigenvalue weighted by Crippen LogP contribution is 2.46. The van der Waals surface area contributed by atoms with Gasteiger partial charge in [-0.1, -0.05) is 38.2 Å². The molecule has 0 bridgehead atoms. The van der Waals surface area contributed by atoms with Gasteiger partial charge in [-0.2, -0.15) is 0 Å². The average molecular weight is 247 g/mol. The van der Waals surface area contributed by atoms with E-state index in [0.29, 0.717) is 0 Å². The van der Waals surface area contributed by atoms with Gasteiger partial charge in [0.25, 0.3) is 0 Å². The predicted molar refractivity (Wildman–Crippen MR) is 73.2 cm³/mol. The van der Waals surface area contributed by atoms with Crippen molar-refractivity contribution in [1.29, 1.82) is 0 Å². The highest BCUT2D eigenvalue weighted by molar-refractivity contribution is 7.99. The Hall–Kier alpha value is -0.500. The van der Waals surface area contributed by atoms with E-state index in [9.17, 15) is 0 Å². The maximum Gasteiger partial charge on any atom is 0.0962 e. The first-order valence-corrected chi connectivity index (χ1v) is 7.89. The number of pyridine rings is 1. The normalized spacial score (nSPS) is 33.1. The van der Waals surface area contributed by atoms with Gasteiger partial charge in [-0.05, 0) is 36.8 Å². The summed E-state index contributed by atoms with van der Waals surface area (Å²) in [6.45, 7) is 0. The lowest BCUT2D eigenvalue weighted by atomic mass is 9.91. The van der Waals surface area contributed by atoms with Crippen LogP contribution in [0.15, 0.2) is 29.4 Å². The fraction of sp³-hybridized carbons (Fsp3) is 0.667. The Morgan fingerprint density at radius 2 is 1.88 bits per heavy atom. The molecule has 1 aromatic heterocycles. The van der Waals surface area contributed by atoms with Gasteiger partial charge < -0.3 is 0 Å². The van der Waals surface area contributed by atoms with Gasteiger partial charge in [-0.15, -0.1) is 11.8 Å². The van der Waals surface area contributed by atoms with Gasteiger partial charge in [0.1, 0.15) is 0 Å². The minimum absolute atomic E-state index is 0.833. The van der Waals surface area contributed by atoms with Crippen molar-refractivity contribution in [3.05, 3.63) is 24.4 Å². The summed E-state index contributed by atoms with van der Waals surface area (Å²) in [6, 6.07) is 6.28. The molecule has 3 rings (SSSR count). The lowest BCUT2D eigenvalue weighted by Gasteiger charge is -2.25. The first-order valence-electron chi connectivity index (χ1n) is 7.01. The third kappa shape index (κ3) is 2.67. The van der Waals surface area contributed by atoms with E-state index in [2.05, 4.69) is 17.1 Å². The minimum Gasteiger partial charge on any atom is -0.250 e. The van der Waals surface area contributed by atoms with Crippen LogP contribution < -0.4 is 0 Å². The molecular weight excluding hydrogens is 226 g/mol. The molecule has 0 aliphatic heterocycles. The van der Waals surface area contributed by atoms with E-state index in [1.165, 1.54) is 50.0 Å². The van der Waals surface area contributed by atoms with Gasteiger partial charge in [0.2, 0.25) is 0 Å². The van der Waals surface area contributed by atoms with Crippen LogP contribution in [0.25, 0.3) is 0 Å². The molecule has 2 saturated carbocycles. The molecule has 3 atom stereocenters. The number of fused-ring (bicyclic) bond motifs is 1. The first-order chi connectivity index (χ1) is 8.43. The zero-order chi connectivity index (χ0) is 11.5.